The zero-order valence-electron chi connectivity index (χ0n) is 11.7. The molecule has 0 spiro atoms. The number of thioether (sulfide) groups is 2. The number of rotatable bonds is 4. The fraction of sp³-hybridized carbons (Fsp3) is 0.600. The Hall–Kier alpha value is -0.0800. The molecule has 1 aliphatic heterocycles. The molecule has 0 N–H and O–H groups in total. The highest BCUT2D eigenvalue weighted by molar-refractivity contribution is 8.09. The Kier molecular flexibility index (Phi) is 5.46. The minimum atomic E-state index is 0.230. The van der Waals surface area contributed by atoms with Crippen LogP contribution in [0.3, 0.4) is 0 Å². The average molecular weight is 268 g/mol. The third-order valence-corrected chi connectivity index (χ3v) is 5.74. The molecular formula is C15H24S2. The fourth-order valence-corrected chi connectivity index (χ4v) is 3.80. The van der Waals surface area contributed by atoms with Crippen molar-refractivity contribution in [2.24, 2.45) is 5.41 Å². The second-order valence-electron chi connectivity index (χ2n) is 5.45. The van der Waals surface area contributed by atoms with E-state index in [0.717, 1.165) is 18.6 Å². The minimum absolute atomic E-state index is 0.230. The average Bonchev–Trinajstić information content (AvgIpc) is 2.25. The van der Waals surface area contributed by atoms with E-state index < -0.39 is 0 Å². The highest BCUT2D eigenvalue weighted by atomic mass is 32.2. The second kappa shape index (κ2) is 6.19. The van der Waals surface area contributed by atoms with Crippen LogP contribution in [0.5, 0.6) is 0 Å². The maximum atomic E-state index is 4.20. The summed E-state index contributed by atoms with van der Waals surface area (Å²) in [4.78, 5) is 4.52. The lowest BCUT2D eigenvalue weighted by atomic mass is 9.89. The highest BCUT2D eigenvalue weighted by Crippen LogP contribution is 2.41. The molecule has 1 heterocycles. The van der Waals surface area contributed by atoms with Gasteiger partial charge in [0.05, 0.1) is 0 Å². The van der Waals surface area contributed by atoms with Crippen LogP contribution in [-0.4, -0.2) is 5.75 Å². The SMILES string of the molecule is C=C(CSC1=C(C)SC(CC)=CC1)C(C)(C)C. The molecule has 17 heavy (non-hydrogen) atoms. The lowest BCUT2D eigenvalue weighted by Gasteiger charge is -2.23. The molecule has 0 saturated carbocycles. The summed E-state index contributed by atoms with van der Waals surface area (Å²) >= 11 is 3.91. The monoisotopic (exact) mass is 268 g/mol. The summed E-state index contributed by atoms with van der Waals surface area (Å²) in [5, 5.41) is 0. The largest absolute Gasteiger partial charge is 0.125 e. The number of hydrogen-bond acceptors (Lipinski definition) is 2. The van der Waals surface area contributed by atoms with E-state index in [1.807, 2.05) is 23.5 Å². The Bertz CT molecular complexity index is 354. The molecule has 2 heteroatoms. The first-order valence-corrected chi connectivity index (χ1v) is 8.02. The van der Waals surface area contributed by atoms with Gasteiger partial charge in [-0.25, -0.2) is 0 Å². The molecule has 0 aliphatic carbocycles. The van der Waals surface area contributed by atoms with Gasteiger partial charge in [0.25, 0.3) is 0 Å². The quantitative estimate of drug-likeness (QED) is 0.575. The summed E-state index contributed by atoms with van der Waals surface area (Å²) in [6.07, 6.45) is 4.65. The molecule has 1 rings (SSSR count). The summed E-state index contributed by atoms with van der Waals surface area (Å²) < 4.78 is 0. The molecule has 96 valence electrons. The Morgan fingerprint density at radius 1 is 1.47 bits per heavy atom. The van der Waals surface area contributed by atoms with Crippen LogP contribution in [0.4, 0.5) is 0 Å². The van der Waals surface area contributed by atoms with Crippen molar-refractivity contribution in [2.45, 2.75) is 47.5 Å². The van der Waals surface area contributed by atoms with Gasteiger partial charge in [-0.3, -0.25) is 0 Å². The van der Waals surface area contributed by atoms with E-state index in [-0.39, 0.29) is 5.41 Å². The van der Waals surface area contributed by atoms with Gasteiger partial charge in [-0.1, -0.05) is 57.7 Å². The van der Waals surface area contributed by atoms with E-state index in [0.29, 0.717) is 0 Å². The van der Waals surface area contributed by atoms with Gasteiger partial charge in [0, 0.05) is 5.75 Å². The number of hydrogen-bond donors (Lipinski definition) is 0. The molecule has 0 radical (unpaired) electrons. The summed E-state index contributed by atoms with van der Waals surface area (Å²) in [5.74, 6) is 1.05. The standard InChI is InChI=1S/C15H24S2/c1-7-13-8-9-14(12(3)17-13)16-10-11(2)15(4,5)6/h8H,2,7,9-10H2,1,3-6H3. The van der Waals surface area contributed by atoms with Crippen LogP contribution in [0.25, 0.3) is 0 Å². The van der Waals surface area contributed by atoms with Crippen molar-refractivity contribution < 1.29 is 0 Å². The van der Waals surface area contributed by atoms with Gasteiger partial charge in [0.1, 0.15) is 0 Å². The van der Waals surface area contributed by atoms with Gasteiger partial charge in [-0.05, 0) is 39.9 Å². The van der Waals surface area contributed by atoms with Gasteiger partial charge in [-0.15, -0.1) is 11.8 Å². The molecule has 0 aromatic heterocycles. The van der Waals surface area contributed by atoms with Crippen molar-refractivity contribution in [1.29, 1.82) is 0 Å². The van der Waals surface area contributed by atoms with Crippen molar-refractivity contribution in [1.82, 2.24) is 0 Å². The Labute approximate surface area is 115 Å². The van der Waals surface area contributed by atoms with E-state index in [1.165, 1.54) is 20.3 Å². The van der Waals surface area contributed by atoms with E-state index >= 15 is 0 Å². The van der Waals surface area contributed by atoms with Gasteiger partial charge in [0.2, 0.25) is 0 Å². The summed E-state index contributed by atoms with van der Waals surface area (Å²) in [7, 11) is 0. The molecule has 0 aromatic carbocycles. The van der Waals surface area contributed by atoms with Crippen molar-refractivity contribution in [2.75, 3.05) is 5.75 Å². The zero-order valence-corrected chi connectivity index (χ0v) is 13.4. The van der Waals surface area contributed by atoms with Crippen LogP contribution in [0, 0.1) is 5.41 Å². The molecule has 0 saturated heterocycles. The van der Waals surface area contributed by atoms with Crippen molar-refractivity contribution in [3.05, 3.63) is 32.9 Å². The maximum Gasteiger partial charge on any atom is 0.0190 e. The smallest absolute Gasteiger partial charge is 0.0190 e. The van der Waals surface area contributed by atoms with Gasteiger partial charge < -0.3 is 0 Å². The molecule has 0 bridgehead atoms. The second-order valence-corrected chi connectivity index (χ2v) is 7.86. The van der Waals surface area contributed by atoms with Crippen molar-refractivity contribution in [3.63, 3.8) is 0 Å². The van der Waals surface area contributed by atoms with Crippen LogP contribution in [0.15, 0.2) is 32.9 Å². The first-order chi connectivity index (χ1) is 7.84. The lowest BCUT2D eigenvalue weighted by Crippen LogP contribution is -2.10. The Morgan fingerprint density at radius 2 is 2.12 bits per heavy atom. The van der Waals surface area contributed by atoms with Gasteiger partial charge >= 0.3 is 0 Å². The van der Waals surface area contributed by atoms with E-state index in [9.17, 15) is 0 Å². The minimum Gasteiger partial charge on any atom is -0.125 e. The molecule has 0 amide bonds. The van der Waals surface area contributed by atoms with Crippen LogP contribution < -0.4 is 0 Å². The first-order valence-electron chi connectivity index (χ1n) is 6.22. The summed E-state index contributed by atoms with van der Waals surface area (Å²) in [6.45, 7) is 15.4. The zero-order chi connectivity index (χ0) is 13.1. The molecule has 0 aromatic rings. The molecular weight excluding hydrogens is 244 g/mol. The Morgan fingerprint density at radius 3 is 2.59 bits per heavy atom. The summed E-state index contributed by atoms with van der Waals surface area (Å²) in [6, 6.07) is 0. The Balaban J connectivity index is 2.52. The van der Waals surface area contributed by atoms with E-state index in [4.69, 9.17) is 0 Å². The highest BCUT2D eigenvalue weighted by Gasteiger charge is 2.17. The molecule has 0 fully saturated rings. The fourth-order valence-electron chi connectivity index (χ4n) is 1.41. The van der Waals surface area contributed by atoms with Gasteiger partial charge in [-0.2, -0.15) is 0 Å². The maximum absolute atomic E-state index is 4.20. The molecule has 0 atom stereocenters. The normalized spacial score (nSPS) is 17.1. The predicted molar refractivity (Wildman–Crippen MR) is 84.3 cm³/mol. The van der Waals surface area contributed by atoms with Crippen LogP contribution in [0.1, 0.15) is 47.5 Å². The van der Waals surface area contributed by atoms with Crippen LogP contribution in [0.2, 0.25) is 0 Å². The predicted octanol–water partition coefficient (Wildman–Crippen LogP) is 5.98. The molecule has 0 unspecified atom stereocenters. The molecule has 1 aliphatic rings. The third-order valence-electron chi connectivity index (χ3n) is 3.02. The van der Waals surface area contributed by atoms with Crippen LogP contribution in [-0.2, 0) is 0 Å². The van der Waals surface area contributed by atoms with Crippen molar-refractivity contribution >= 4 is 23.5 Å². The van der Waals surface area contributed by atoms with Crippen molar-refractivity contribution in [3.8, 4) is 0 Å². The lowest BCUT2D eigenvalue weighted by molar-refractivity contribution is 0.508. The topological polar surface area (TPSA) is 0 Å². The third kappa shape index (κ3) is 4.59. The summed E-state index contributed by atoms with van der Waals surface area (Å²) in [5.41, 5.74) is 1.56. The van der Waals surface area contributed by atoms with E-state index in [1.54, 1.807) is 0 Å². The van der Waals surface area contributed by atoms with E-state index in [2.05, 4.69) is 47.3 Å². The number of allylic oxidation sites excluding steroid dienone is 4. The first kappa shape index (κ1) is 15.0. The van der Waals surface area contributed by atoms with Crippen LogP contribution >= 0.6 is 23.5 Å². The van der Waals surface area contributed by atoms with Gasteiger partial charge in [0.15, 0.2) is 0 Å². The molecule has 0 nitrogen and oxygen atoms in total.